The van der Waals surface area contributed by atoms with Gasteiger partial charge in [0.15, 0.2) is 11.9 Å². The van der Waals surface area contributed by atoms with Gasteiger partial charge in [0.25, 0.3) is 11.5 Å². The molecule has 5 N–H and O–H groups in total. The normalized spacial score (nSPS) is 12.4. The molecule has 1 amide bonds. The van der Waals surface area contributed by atoms with E-state index in [-0.39, 0.29) is 26.8 Å². The van der Waals surface area contributed by atoms with Crippen LogP contribution in [0.3, 0.4) is 0 Å². The van der Waals surface area contributed by atoms with Crippen LogP contribution in [0.5, 0.6) is 0 Å². The number of primary amides is 1. The standard InChI is InChI=1S/C21H20F2N4O5S/c1-9(20(30)31)27-16(28)5-4-15(26-27)25-19-11(18(24)29)8-14(33-19)17-12(22)6-10(7-13(17)23)21(2,3)32/h4-9,32H,1-3H3,(H2,24,29)(H,25,26)(H,30,31). The van der Waals surface area contributed by atoms with Gasteiger partial charge in [-0.1, -0.05) is 0 Å². The molecule has 2 aromatic heterocycles. The molecule has 9 nitrogen and oxygen atoms in total. The molecule has 0 aliphatic rings. The van der Waals surface area contributed by atoms with Crippen molar-refractivity contribution < 1.29 is 28.6 Å². The Labute approximate surface area is 190 Å². The Kier molecular flexibility index (Phi) is 6.34. The summed E-state index contributed by atoms with van der Waals surface area (Å²) in [5.41, 5.74) is 2.81. The molecule has 0 saturated carbocycles. The second kappa shape index (κ2) is 8.71. The first-order chi connectivity index (χ1) is 15.3. The monoisotopic (exact) mass is 478 g/mol. The number of anilines is 2. The number of hydrogen-bond acceptors (Lipinski definition) is 7. The van der Waals surface area contributed by atoms with Crippen LogP contribution in [0.25, 0.3) is 10.4 Å². The van der Waals surface area contributed by atoms with Crippen LogP contribution < -0.4 is 16.6 Å². The van der Waals surface area contributed by atoms with E-state index >= 15 is 0 Å². The van der Waals surface area contributed by atoms with E-state index < -0.39 is 46.3 Å². The number of halogens is 2. The van der Waals surface area contributed by atoms with Gasteiger partial charge < -0.3 is 21.3 Å². The lowest BCUT2D eigenvalue weighted by molar-refractivity contribution is -0.140. The highest BCUT2D eigenvalue weighted by molar-refractivity contribution is 7.20. The Morgan fingerprint density at radius 1 is 1.21 bits per heavy atom. The van der Waals surface area contributed by atoms with E-state index in [2.05, 4.69) is 10.4 Å². The number of benzene rings is 1. The Morgan fingerprint density at radius 3 is 2.33 bits per heavy atom. The summed E-state index contributed by atoms with van der Waals surface area (Å²) in [6.45, 7) is 4.04. The van der Waals surface area contributed by atoms with Crippen LogP contribution in [0.2, 0.25) is 0 Å². The van der Waals surface area contributed by atoms with E-state index in [1.54, 1.807) is 0 Å². The van der Waals surface area contributed by atoms with Crippen molar-refractivity contribution in [3.8, 4) is 10.4 Å². The predicted molar refractivity (Wildman–Crippen MR) is 118 cm³/mol. The Balaban J connectivity index is 2.07. The maximum atomic E-state index is 14.8. The number of carbonyl (C=O) groups excluding carboxylic acids is 1. The number of aliphatic carboxylic acids is 1. The minimum atomic E-state index is -1.47. The number of nitrogens with two attached hydrogens (primary N) is 1. The number of nitrogens with one attached hydrogen (secondary N) is 1. The van der Waals surface area contributed by atoms with Crippen molar-refractivity contribution in [2.45, 2.75) is 32.4 Å². The summed E-state index contributed by atoms with van der Waals surface area (Å²) in [5.74, 6) is -4.05. The molecule has 0 aliphatic carbocycles. The summed E-state index contributed by atoms with van der Waals surface area (Å²) in [6, 6.07) is 4.29. The molecule has 33 heavy (non-hydrogen) atoms. The molecule has 0 bridgehead atoms. The molecule has 12 heteroatoms. The molecule has 0 fully saturated rings. The highest BCUT2D eigenvalue weighted by Gasteiger charge is 2.25. The zero-order chi connectivity index (χ0) is 24.7. The average molecular weight is 478 g/mol. The van der Waals surface area contributed by atoms with Crippen LogP contribution in [0.1, 0.15) is 42.7 Å². The van der Waals surface area contributed by atoms with Crippen molar-refractivity contribution in [3.63, 3.8) is 0 Å². The minimum Gasteiger partial charge on any atom is -0.480 e. The number of carboxylic acids is 1. The first-order valence-electron chi connectivity index (χ1n) is 9.55. The zero-order valence-corrected chi connectivity index (χ0v) is 18.5. The molecule has 2 heterocycles. The number of aromatic nitrogens is 2. The van der Waals surface area contributed by atoms with Crippen LogP contribution in [0.4, 0.5) is 19.6 Å². The smallest absolute Gasteiger partial charge is 0.328 e. The molecule has 1 aromatic carbocycles. The summed E-state index contributed by atoms with van der Waals surface area (Å²) < 4.78 is 30.3. The molecule has 0 saturated heterocycles. The zero-order valence-electron chi connectivity index (χ0n) is 17.7. The summed E-state index contributed by atoms with van der Waals surface area (Å²) in [6.07, 6.45) is 0. The maximum Gasteiger partial charge on any atom is 0.328 e. The number of amides is 1. The van der Waals surface area contributed by atoms with E-state index in [1.807, 2.05) is 0 Å². The summed E-state index contributed by atoms with van der Waals surface area (Å²) in [4.78, 5) is 35.1. The summed E-state index contributed by atoms with van der Waals surface area (Å²) in [7, 11) is 0. The predicted octanol–water partition coefficient (Wildman–Crippen LogP) is 2.97. The van der Waals surface area contributed by atoms with Gasteiger partial charge in [-0.05, 0) is 50.6 Å². The first kappa shape index (κ1) is 24.0. The number of thiophene rings is 1. The molecule has 1 unspecified atom stereocenters. The van der Waals surface area contributed by atoms with Crippen LogP contribution in [0.15, 0.2) is 35.1 Å². The number of carboxylic acid groups (broad SMARTS) is 1. The highest BCUT2D eigenvalue weighted by atomic mass is 32.1. The Hall–Kier alpha value is -3.64. The van der Waals surface area contributed by atoms with E-state index in [1.165, 1.54) is 32.9 Å². The summed E-state index contributed by atoms with van der Waals surface area (Å²) >= 11 is 0.804. The fraction of sp³-hybridized carbons (Fsp3) is 0.238. The van der Waals surface area contributed by atoms with E-state index in [0.29, 0.717) is 0 Å². The third kappa shape index (κ3) is 4.91. The Morgan fingerprint density at radius 2 is 1.82 bits per heavy atom. The fourth-order valence-electron chi connectivity index (χ4n) is 2.94. The van der Waals surface area contributed by atoms with Crippen molar-refractivity contribution in [1.82, 2.24) is 9.78 Å². The fourth-order valence-corrected chi connectivity index (χ4v) is 4.06. The van der Waals surface area contributed by atoms with Crippen LogP contribution >= 0.6 is 11.3 Å². The third-order valence-corrected chi connectivity index (χ3v) is 5.85. The van der Waals surface area contributed by atoms with Gasteiger partial charge in [-0.15, -0.1) is 11.3 Å². The molecular weight excluding hydrogens is 458 g/mol. The third-order valence-electron chi connectivity index (χ3n) is 4.78. The molecule has 0 aliphatic heterocycles. The lowest BCUT2D eigenvalue weighted by Gasteiger charge is -2.18. The van der Waals surface area contributed by atoms with Gasteiger partial charge in [0.2, 0.25) is 0 Å². The van der Waals surface area contributed by atoms with Crippen molar-refractivity contribution >= 4 is 34.0 Å². The van der Waals surface area contributed by atoms with Gasteiger partial charge >= 0.3 is 5.97 Å². The van der Waals surface area contributed by atoms with Crippen LogP contribution in [-0.4, -0.2) is 31.9 Å². The number of nitrogens with zero attached hydrogens (tertiary/aromatic N) is 2. The summed E-state index contributed by atoms with van der Waals surface area (Å²) in [5, 5.41) is 25.9. The van der Waals surface area contributed by atoms with Gasteiger partial charge in [-0.2, -0.15) is 5.10 Å². The van der Waals surface area contributed by atoms with Gasteiger partial charge in [0.05, 0.1) is 16.7 Å². The molecule has 0 radical (unpaired) electrons. The van der Waals surface area contributed by atoms with E-state index in [4.69, 9.17) is 10.8 Å². The van der Waals surface area contributed by atoms with E-state index in [9.17, 15) is 28.3 Å². The number of aliphatic hydroxyl groups is 1. The van der Waals surface area contributed by atoms with Crippen LogP contribution in [0, 0.1) is 11.6 Å². The quantitative estimate of drug-likeness (QED) is 0.408. The minimum absolute atomic E-state index is 0.0110. The second-order valence-corrected chi connectivity index (χ2v) is 8.78. The van der Waals surface area contributed by atoms with Crippen LogP contribution in [-0.2, 0) is 10.4 Å². The van der Waals surface area contributed by atoms with Crippen molar-refractivity contribution in [2.24, 2.45) is 5.73 Å². The lowest BCUT2D eigenvalue weighted by Crippen LogP contribution is -2.30. The largest absolute Gasteiger partial charge is 0.480 e. The van der Waals surface area contributed by atoms with Crippen molar-refractivity contribution in [2.75, 3.05) is 5.32 Å². The topological polar surface area (TPSA) is 148 Å². The lowest BCUT2D eigenvalue weighted by atomic mass is 9.96. The molecular formula is C21H20F2N4O5S. The Bertz CT molecular complexity index is 1290. The number of rotatable bonds is 7. The number of carbonyl (C=O) groups is 2. The first-order valence-corrected chi connectivity index (χ1v) is 10.4. The molecule has 174 valence electrons. The van der Waals surface area contributed by atoms with Gasteiger partial charge in [-0.25, -0.2) is 18.3 Å². The maximum absolute atomic E-state index is 14.8. The van der Waals surface area contributed by atoms with Gasteiger partial charge in [0.1, 0.15) is 16.6 Å². The molecule has 3 aromatic rings. The molecule has 3 rings (SSSR count). The number of hydrogen-bond donors (Lipinski definition) is 4. The van der Waals surface area contributed by atoms with Crippen molar-refractivity contribution in [3.05, 3.63) is 63.4 Å². The average Bonchev–Trinajstić information content (AvgIpc) is 3.11. The SMILES string of the molecule is CC(C(=O)O)n1nc(Nc2sc(-c3c(F)cc(C(C)(C)O)cc3F)cc2C(N)=O)ccc1=O. The van der Waals surface area contributed by atoms with Crippen molar-refractivity contribution in [1.29, 1.82) is 0 Å². The molecule has 1 atom stereocenters. The van der Waals surface area contributed by atoms with E-state index in [0.717, 1.165) is 34.2 Å². The second-order valence-electron chi connectivity index (χ2n) is 7.73. The van der Waals surface area contributed by atoms with Gasteiger partial charge in [-0.3, -0.25) is 9.59 Å². The molecule has 0 spiro atoms. The highest BCUT2D eigenvalue weighted by Crippen LogP contribution is 2.40. The van der Waals surface area contributed by atoms with Gasteiger partial charge in [0, 0.05) is 10.9 Å².